The van der Waals surface area contributed by atoms with Crippen LogP contribution in [0, 0.1) is 0 Å². The van der Waals surface area contributed by atoms with Gasteiger partial charge in [-0.1, -0.05) is 18.2 Å². The molecular weight excluding hydrogens is 266 g/mol. The van der Waals surface area contributed by atoms with Crippen molar-refractivity contribution in [2.75, 3.05) is 5.32 Å². The van der Waals surface area contributed by atoms with Crippen LogP contribution in [0.5, 0.6) is 0 Å². The van der Waals surface area contributed by atoms with E-state index in [9.17, 15) is 8.42 Å². The average molecular weight is 277 g/mol. The lowest BCUT2D eigenvalue weighted by atomic mass is 10.2. The van der Waals surface area contributed by atoms with Gasteiger partial charge in [-0.3, -0.25) is 4.55 Å². The molecule has 2 N–H and O–H groups in total. The molecule has 0 aliphatic carbocycles. The number of rotatable bonds is 4. The Morgan fingerprint density at radius 3 is 2.05 bits per heavy atom. The zero-order chi connectivity index (χ0) is 13.7. The molecule has 0 saturated carbocycles. The number of benzene rings is 2. The van der Waals surface area contributed by atoms with Gasteiger partial charge in [0.2, 0.25) is 0 Å². The maximum Gasteiger partial charge on any atom is 0.396 e. The van der Waals surface area contributed by atoms with Crippen molar-refractivity contribution >= 4 is 27.4 Å². The second-order valence-corrected chi connectivity index (χ2v) is 4.73. The molecule has 2 aromatic rings. The Morgan fingerprint density at radius 2 is 1.47 bits per heavy atom. The highest BCUT2D eigenvalue weighted by Gasteiger charge is 1.99. The standard InChI is InChI=1S/C12H11N3O3S/c16-19(17,18)15-14-12-8-6-11(7-9-12)13-10-4-2-1-3-5-10/h1-9,13H,(H,16,17,18). The predicted molar refractivity (Wildman–Crippen MR) is 72.2 cm³/mol. The van der Waals surface area contributed by atoms with Gasteiger partial charge in [-0.05, 0) is 40.9 Å². The molecule has 0 atom stereocenters. The largest absolute Gasteiger partial charge is 0.396 e. The number of para-hydroxylation sites is 1. The van der Waals surface area contributed by atoms with Crippen LogP contribution in [0.3, 0.4) is 0 Å². The van der Waals surface area contributed by atoms with Crippen molar-refractivity contribution in [1.29, 1.82) is 0 Å². The van der Waals surface area contributed by atoms with Gasteiger partial charge in [-0.2, -0.15) is 8.42 Å². The van der Waals surface area contributed by atoms with Gasteiger partial charge >= 0.3 is 10.3 Å². The van der Waals surface area contributed by atoms with Gasteiger partial charge in [-0.15, -0.1) is 5.11 Å². The average Bonchev–Trinajstić information content (AvgIpc) is 2.38. The van der Waals surface area contributed by atoms with E-state index in [4.69, 9.17) is 4.55 Å². The summed E-state index contributed by atoms with van der Waals surface area (Å²) in [5.41, 5.74) is 2.10. The first-order valence-corrected chi connectivity index (χ1v) is 6.75. The van der Waals surface area contributed by atoms with E-state index in [-0.39, 0.29) is 0 Å². The Hall–Kier alpha value is -2.25. The van der Waals surface area contributed by atoms with Crippen LogP contribution < -0.4 is 5.32 Å². The van der Waals surface area contributed by atoms with Crippen molar-refractivity contribution in [2.45, 2.75) is 0 Å². The van der Waals surface area contributed by atoms with E-state index in [1.807, 2.05) is 30.3 Å². The fraction of sp³-hybridized carbons (Fsp3) is 0. The number of hydrogen-bond acceptors (Lipinski definition) is 4. The topological polar surface area (TPSA) is 91.1 Å². The van der Waals surface area contributed by atoms with Crippen LogP contribution in [-0.4, -0.2) is 13.0 Å². The molecule has 0 spiro atoms. The van der Waals surface area contributed by atoms with Crippen molar-refractivity contribution in [1.82, 2.24) is 0 Å². The van der Waals surface area contributed by atoms with E-state index in [2.05, 4.69) is 15.0 Å². The van der Waals surface area contributed by atoms with E-state index in [1.165, 1.54) is 0 Å². The van der Waals surface area contributed by atoms with Crippen LogP contribution in [-0.2, 0) is 10.3 Å². The maximum absolute atomic E-state index is 10.4. The van der Waals surface area contributed by atoms with Crippen molar-refractivity contribution < 1.29 is 13.0 Å². The molecule has 0 aliphatic rings. The summed E-state index contributed by atoms with van der Waals surface area (Å²) in [6.45, 7) is 0. The summed E-state index contributed by atoms with van der Waals surface area (Å²) in [6, 6.07) is 16.2. The van der Waals surface area contributed by atoms with Crippen molar-refractivity contribution in [3.63, 3.8) is 0 Å². The zero-order valence-electron chi connectivity index (χ0n) is 9.76. The summed E-state index contributed by atoms with van der Waals surface area (Å²) < 4.78 is 32.0. The molecule has 0 aliphatic heterocycles. The van der Waals surface area contributed by atoms with Crippen LogP contribution in [0.4, 0.5) is 17.1 Å². The Bertz CT molecular complexity index is 667. The first-order chi connectivity index (χ1) is 9.03. The third kappa shape index (κ3) is 4.49. The van der Waals surface area contributed by atoms with Crippen LogP contribution >= 0.6 is 0 Å². The molecule has 19 heavy (non-hydrogen) atoms. The predicted octanol–water partition coefficient (Wildman–Crippen LogP) is 3.32. The number of anilines is 2. The molecule has 98 valence electrons. The highest BCUT2D eigenvalue weighted by molar-refractivity contribution is 7.84. The fourth-order valence-electron chi connectivity index (χ4n) is 1.40. The zero-order valence-corrected chi connectivity index (χ0v) is 10.6. The summed E-state index contributed by atoms with van der Waals surface area (Å²) in [5, 5.41) is 6.55. The quantitative estimate of drug-likeness (QED) is 0.662. The van der Waals surface area contributed by atoms with Crippen LogP contribution in [0.15, 0.2) is 64.2 Å². The number of nitrogens with zero attached hydrogens (tertiary/aromatic N) is 2. The van der Waals surface area contributed by atoms with Crippen molar-refractivity contribution in [3.05, 3.63) is 54.6 Å². The van der Waals surface area contributed by atoms with Gasteiger partial charge < -0.3 is 5.32 Å². The SMILES string of the molecule is O=S(=O)(O)N=Nc1ccc(Nc2ccccc2)cc1. The van der Waals surface area contributed by atoms with Gasteiger partial charge in [0.05, 0.1) is 5.69 Å². The summed E-state index contributed by atoms with van der Waals surface area (Å²) in [7, 11) is -4.44. The minimum atomic E-state index is -4.44. The lowest BCUT2D eigenvalue weighted by Gasteiger charge is -2.05. The van der Waals surface area contributed by atoms with Crippen LogP contribution in [0.25, 0.3) is 0 Å². The molecule has 0 saturated heterocycles. The molecule has 0 aromatic heterocycles. The minimum Gasteiger partial charge on any atom is -0.356 e. The lowest BCUT2D eigenvalue weighted by molar-refractivity contribution is 0.482. The third-order valence-corrected chi connectivity index (χ3v) is 2.48. The van der Waals surface area contributed by atoms with Gasteiger partial charge in [0, 0.05) is 11.4 Å². The second-order valence-electron chi connectivity index (χ2n) is 3.67. The molecule has 0 amide bonds. The summed E-state index contributed by atoms with van der Waals surface area (Å²) >= 11 is 0. The van der Waals surface area contributed by atoms with Gasteiger partial charge in [0.1, 0.15) is 0 Å². The molecule has 0 heterocycles. The normalized spacial score (nSPS) is 11.6. The van der Waals surface area contributed by atoms with Gasteiger partial charge in [-0.25, -0.2) is 0 Å². The molecule has 0 bridgehead atoms. The Balaban J connectivity index is 2.09. The Labute approximate surface area is 110 Å². The van der Waals surface area contributed by atoms with E-state index < -0.39 is 10.3 Å². The number of nitrogens with one attached hydrogen (secondary N) is 1. The van der Waals surface area contributed by atoms with E-state index in [0.29, 0.717) is 5.69 Å². The molecule has 0 radical (unpaired) electrons. The minimum absolute atomic E-state index is 0.330. The van der Waals surface area contributed by atoms with Crippen LogP contribution in [0.1, 0.15) is 0 Å². The summed E-state index contributed by atoms with van der Waals surface area (Å²) in [4.78, 5) is 0. The second kappa shape index (κ2) is 5.59. The van der Waals surface area contributed by atoms with Crippen LogP contribution in [0.2, 0.25) is 0 Å². The van der Waals surface area contributed by atoms with Crippen molar-refractivity contribution in [2.24, 2.45) is 9.63 Å². The molecule has 0 unspecified atom stereocenters. The van der Waals surface area contributed by atoms with Crippen molar-refractivity contribution in [3.8, 4) is 0 Å². The first kappa shape index (κ1) is 13.2. The van der Waals surface area contributed by atoms with Gasteiger partial charge in [0.15, 0.2) is 0 Å². The van der Waals surface area contributed by atoms with E-state index in [1.54, 1.807) is 24.3 Å². The van der Waals surface area contributed by atoms with Gasteiger partial charge in [0.25, 0.3) is 0 Å². The highest BCUT2D eigenvalue weighted by atomic mass is 32.2. The smallest absolute Gasteiger partial charge is 0.356 e. The molecule has 2 aromatic carbocycles. The molecule has 7 heteroatoms. The third-order valence-electron chi connectivity index (χ3n) is 2.19. The monoisotopic (exact) mass is 277 g/mol. The Kier molecular flexibility index (Phi) is 3.88. The summed E-state index contributed by atoms with van der Waals surface area (Å²) in [5.74, 6) is 0. The summed E-state index contributed by atoms with van der Waals surface area (Å²) in [6.07, 6.45) is 0. The Morgan fingerprint density at radius 1 is 0.895 bits per heavy atom. The molecule has 0 fully saturated rings. The fourth-order valence-corrected chi connectivity index (χ4v) is 1.60. The maximum atomic E-state index is 10.4. The molecular formula is C12H11N3O3S. The number of hydrogen-bond donors (Lipinski definition) is 2. The van der Waals surface area contributed by atoms with E-state index in [0.717, 1.165) is 11.4 Å². The first-order valence-electron chi connectivity index (χ1n) is 5.35. The van der Waals surface area contributed by atoms with E-state index >= 15 is 0 Å². The highest BCUT2D eigenvalue weighted by Crippen LogP contribution is 2.20. The lowest BCUT2D eigenvalue weighted by Crippen LogP contribution is -1.89. The molecule has 2 rings (SSSR count). The molecule has 6 nitrogen and oxygen atoms in total.